The number of phenols is 1. The molecule has 13 nitrogen and oxygen atoms in total. The third kappa shape index (κ3) is 7.44. The van der Waals surface area contributed by atoms with Crippen molar-refractivity contribution in [2.24, 2.45) is 11.3 Å². The summed E-state index contributed by atoms with van der Waals surface area (Å²) in [7, 11) is -1.78. The third-order valence-electron chi connectivity index (χ3n) is 12.2. The van der Waals surface area contributed by atoms with Gasteiger partial charge in [0.05, 0.1) is 45.3 Å². The van der Waals surface area contributed by atoms with Gasteiger partial charge in [-0.1, -0.05) is 18.4 Å². The summed E-state index contributed by atoms with van der Waals surface area (Å²) >= 11 is 0. The molecule has 4 aliphatic rings. The fourth-order valence-electron chi connectivity index (χ4n) is 9.47. The molecule has 0 spiro atoms. The second kappa shape index (κ2) is 15.1. The Morgan fingerprint density at radius 1 is 1.11 bits per heavy atom. The number of nitrogens with zero attached hydrogens (tertiary/aromatic N) is 6. The predicted molar refractivity (Wildman–Crippen MR) is 211 cm³/mol. The van der Waals surface area contributed by atoms with E-state index in [-0.39, 0.29) is 87.8 Å². The number of likely N-dealkylation sites (tertiary alicyclic amines) is 1. The highest BCUT2D eigenvalue weighted by molar-refractivity contribution is 7.88. The maximum Gasteiger partial charge on any atom is 0.319 e. The van der Waals surface area contributed by atoms with Crippen molar-refractivity contribution in [2.45, 2.75) is 57.1 Å². The fraction of sp³-hybridized carbons (Fsp3) is 0.537. The lowest BCUT2D eigenvalue weighted by Gasteiger charge is -2.47. The molecule has 57 heavy (non-hydrogen) atoms. The molecule has 3 atom stereocenters. The van der Waals surface area contributed by atoms with Crippen LogP contribution in [0.4, 0.5) is 14.6 Å². The molecular weight excluding hydrogens is 759 g/mol. The minimum absolute atomic E-state index is 0.0357. The minimum atomic E-state index is -3.17. The van der Waals surface area contributed by atoms with Crippen molar-refractivity contribution in [3.05, 3.63) is 41.5 Å². The topological polar surface area (TPSA) is 151 Å². The number of halogens is 2. The SMILES string of the molecule is C#Cc1c(F)ccc2cc(O)cc(-c3nc(OC)c4c(N5CCOC[C@@](C)(O)C5)nc(OC[C@]56CCC[C@H]5N(CCC5CN(S(C)(=O)=O)C5)CCC6)nc4c3F)c12. The molecular formula is C41H48F2N6O7S. The molecule has 2 N–H and O–H groups in total. The molecule has 0 amide bonds. The number of benzene rings is 2. The Hall–Kier alpha value is -4.40. The van der Waals surface area contributed by atoms with Crippen LogP contribution in [0.3, 0.4) is 0 Å². The van der Waals surface area contributed by atoms with Crippen LogP contribution in [-0.4, -0.2) is 127 Å². The molecule has 4 aromatic rings. The third-order valence-corrected chi connectivity index (χ3v) is 13.5. The molecule has 1 saturated carbocycles. The van der Waals surface area contributed by atoms with E-state index in [0.717, 1.165) is 51.6 Å². The molecule has 3 aliphatic heterocycles. The van der Waals surface area contributed by atoms with Crippen LogP contribution in [0.5, 0.6) is 17.6 Å². The lowest BCUT2D eigenvalue weighted by atomic mass is 9.75. The van der Waals surface area contributed by atoms with Gasteiger partial charge in [-0.25, -0.2) is 26.5 Å². The Bertz CT molecular complexity index is 2370. The Kier molecular flexibility index (Phi) is 10.4. The Morgan fingerprint density at radius 2 is 1.89 bits per heavy atom. The van der Waals surface area contributed by atoms with Gasteiger partial charge in [-0.15, -0.1) is 6.42 Å². The Balaban J connectivity index is 1.18. The van der Waals surface area contributed by atoms with Gasteiger partial charge < -0.3 is 29.3 Å². The van der Waals surface area contributed by atoms with E-state index in [0.29, 0.717) is 37.5 Å². The van der Waals surface area contributed by atoms with Gasteiger partial charge in [-0.3, -0.25) is 4.90 Å². The van der Waals surface area contributed by atoms with E-state index in [2.05, 4.69) is 20.8 Å². The zero-order valence-corrected chi connectivity index (χ0v) is 33.2. The van der Waals surface area contributed by atoms with Gasteiger partial charge in [-0.2, -0.15) is 9.97 Å². The average Bonchev–Trinajstić information content (AvgIpc) is 3.50. The first-order valence-corrected chi connectivity index (χ1v) is 21.3. The monoisotopic (exact) mass is 806 g/mol. The van der Waals surface area contributed by atoms with Crippen molar-refractivity contribution in [3.63, 3.8) is 0 Å². The molecule has 1 aliphatic carbocycles. The number of aromatic hydroxyl groups is 1. The number of methoxy groups -OCH3 is 1. The van der Waals surface area contributed by atoms with E-state index in [1.807, 2.05) is 0 Å². The summed E-state index contributed by atoms with van der Waals surface area (Å²) in [5.41, 5.74) is -1.97. The maximum atomic E-state index is 17.3. The first kappa shape index (κ1) is 39.4. The highest BCUT2D eigenvalue weighted by Gasteiger charge is 2.49. The van der Waals surface area contributed by atoms with Crippen LogP contribution in [0.2, 0.25) is 0 Å². The van der Waals surface area contributed by atoms with Crippen LogP contribution in [0, 0.1) is 35.3 Å². The molecule has 5 heterocycles. The summed E-state index contributed by atoms with van der Waals surface area (Å²) in [5, 5.41) is 22.6. The van der Waals surface area contributed by atoms with E-state index in [1.54, 1.807) is 11.8 Å². The minimum Gasteiger partial charge on any atom is -0.508 e. The van der Waals surface area contributed by atoms with Crippen LogP contribution in [0.15, 0.2) is 24.3 Å². The quantitative estimate of drug-likeness (QED) is 0.214. The van der Waals surface area contributed by atoms with Crippen LogP contribution in [0.1, 0.15) is 51.0 Å². The summed E-state index contributed by atoms with van der Waals surface area (Å²) in [5.74, 6) is 1.13. The van der Waals surface area contributed by atoms with E-state index in [9.17, 15) is 18.6 Å². The largest absolute Gasteiger partial charge is 0.508 e. The van der Waals surface area contributed by atoms with Crippen molar-refractivity contribution in [3.8, 4) is 41.2 Å². The number of aliphatic hydroxyl groups is 1. The predicted octanol–water partition coefficient (Wildman–Crippen LogP) is 4.70. The molecule has 2 aromatic carbocycles. The summed E-state index contributed by atoms with van der Waals surface area (Å²) in [6, 6.07) is 5.53. The lowest BCUT2D eigenvalue weighted by Crippen LogP contribution is -2.54. The molecule has 3 saturated heterocycles. The summed E-state index contributed by atoms with van der Waals surface area (Å²) in [6.45, 7) is 5.65. The van der Waals surface area contributed by atoms with E-state index in [1.165, 1.54) is 41.9 Å². The molecule has 4 fully saturated rings. The van der Waals surface area contributed by atoms with Gasteiger partial charge >= 0.3 is 6.01 Å². The Morgan fingerprint density at radius 3 is 2.65 bits per heavy atom. The number of fused-ring (bicyclic) bond motifs is 3. The van der Waals surface area contributed by atoms with E-state index in [4.69, 9.17) is 25.6 Å². The number of pyridine rings is 1. The molecule has 0 radical (unpaired) electrons. The van der Waals surface area contributed by atoms with Gasteiger partial charge in [0.1, 0.15) is 39.6 Å². The number of ether oxygens (including phenoxy) is 3. The summed E-state index contributed by atoms with van der Waals surface area (Å²) in [6.07, 6.45) is 12.8. The average molecular weight is 807 g/mol. The normalized spacial score (nSPS) is 24.9. The van der Waals surface area contributed by atoms with Crippen molar-refractivity contribution in [1.82, 2.24) is 24.2 Å². The van der Waals surface area contributed by atoms with Crippen molar-refractivity contribution in [1.29, 1.82) is 0 Å². The van der Waals surface area contributed by atoms with Crippen molar-refractivity contribution in [2.75, 3.05) is 77.4 Å². The number of piperidine rings is 1. The van der Waals surface area contributed by atoms with Crippen LogP contribution >= 0.6 is 0 Å². The Labute approximate surface area is 331 Å². The van der Waals surface area contributed by atoms with Crippen molar-refractivity contribution >= 4 is 37.5 Å². The first-order chi connectivity index (χ1) is 27.2. The number of terminal acetylenes is 1. The molecule has 2 aromatic heterocycles. The van der Waals surface area contributed by atoms with E-state index >= 15 is 8.78 Å². The number of phenolic OH excluding ortho intramolecular Hbond substituents is 1. The van der Waals surface area contributed by atoms with Crippen LogP contribution in [0.25, 0.3) is 32.9 Å². The number of aromatic nitrogens is 3. The number of hydrogen-bond donors (Lipinski definition) is 2. The lowest BCUT2D eigenvalue weighted by molar-refractivity contribution is -0.0123. The zero-order chi connectivity index (χ0) is 40.3. The van der Waals surface area contributed by atoms with Crippen LogP contribution in [-0.2, 0) is 14.8 Å². The molecule has 0 bridgehead atoms. The number of anilines is 1. The highest BCUT2D eigenvalue weighted by atomic mass is 32.2. The first-order valence-electron chi connectivity index (χ1n) is 19.4. The number of sulfonamides is 1. The smallest absolute Gasteiger partial charge is 0.319 e. The van der Waals surface area contributed by atoms with Crippen molar-refractivity contribution < 1.29 is 41.6 Å². The second-order valence-corrected chi connectivity index (χ2v) is 18.4. The highest BCUT2D eigenvalue weighted by Crippen LogP contribution is 2.49. The van der Waals surface area contributed by atoms with E-state index < -0.39 is 27.3 Å². The summed E-state index contributed by atoms with van der Waals surface area (Å²) < 4.78 is 75.8. The maximum absolute atomic E-state index is 17.3. The second-order valence-electron chi connectivity index (χ2n) is 16.4. The fourth-order valence-corrected chi connectivity index (χ4v) is 10.4. The standard InChI is InChI=1S/C41H48F2N6O7S/c1-5-28-30(42)10-9-26-18-27(50)19-29(32(26)28)35-34(43)36-33(38(44-35)54-3)37(48-16-17-55-23-40(2,51)22-48)46-39(45-36)56-24-41-12-6-8-31(41)47(14-7-13-41)15-11-25-20-49(21-25)57(4,52)53/h1,9-10,18-19,25,31,50-51H,6-8,11-17,20-24H2,2-4H3/t31-,40+,41-/m1/s1. The molecule has 0 unspecified atom stereocenters. The molecule has 8 rings (SSSR count). The number of hydrogen-bond acceptors (Lipinski definition) is 12. The van der Waals surface area contributed by atoms with Gasteiger partial charge in [-0.05, 0) is 81.6 Å². The number of rotatable bonds is 10. The van der Waals surface area contributed by atoms with Gasteiger partial charge in [0.25, 0.3) is 0 Å². The van der Waals surface area contributed by atoms with Gasteiger partial charge in [0.15, 0.2) is 5.82 Å². The van der Waals surface area contributed by atoms with Gasteiger partial charge in [0, 0.05) is 42.0 Å². The number of β-amino-alcohol motifs (C(OH)–C–C–N with tert-alkyl or cyclic N) is 1. The van der Waals surface area contributed by atoms with Crippen LogP contribution < -0.4 is 14.4 Å². The summed E-state index contributed by atoms with van der Waals surface area (Å²) in [4.78, 5) is 18.4. The van der Waals surface area contributed by atoms with Gasteiger partial charge in [0.2, 0.25) is 15.9 Å². The zero-order valence-electron chi connectivity index (χ0n) is 32.4. The molecule has 304 valence electrons. The molecule has 16 heteroatoms.